The standard InChI is InChI=1S/C13H19N3O/c1-9-12-7-14-6-10(12)8-16(9)11-3-4-15-13(5-11)17-2/h3-5,9-10,12,14H,6-8H2,1-2H3. The summed E-state index contributed by atoms with van der Waals surface area (Å²) >= 11 is 0. The third-order valence-electron chi connectivity index (χ3n) is 4.19. The number of nitrogens with zero attached hydrogens (tertiary/aromatic N) is 2. The van der Waals surface area contributed by atoms with Gasteiger partial charge in [-0.25, -0.2) is 4.98 Å². The van der Waals surface area contributed by atoms with E-state index in [1.165, 1.54) is 5.69 Å². The maximum absolute atomic E-state index is 5.19. The Hall–Kier alpha value is -1.29. The van der Waals surface area contributed by atoms with E-state index < -0.39 is 0 Å². The average Bonchev–Trinajstić information content (AvgIpc) is 2.93. The van der Waals surface area contributed by atoms with Crippen LogP contribution < -0.4 is 15.0 Å². The van der Waals surface area contributed by atoms with E-state index in [1.807, 2.05) is 12.3 Å². The van der Waals surface area contributed by atoms with Crippen molar-refractivity contribution in [2.24, 2.45) is 11.8 Å². The molecule has 0 spiro atoms. The molecule has 0 radical (unpaired) electrons. The minimum absolute atomic E-state index is 0.599. The fourth-order valence-corrected chi connectivity index (χ4v) is 3.20. The number of pyridine rings is 1. The number of fused-ring (bicyclic) bond motifs is 1. The van der Waals surface area contributed by atoms with Gasteiger partial charge < -0.3 is 15.0 Å². The summed E-state index contributed by atoms with van der Waals surface area (Å²) in [5.41, 5.74) is 1.23. The summed E-state index contributed by atoms with van der Waals surface area (Å²) in [6, 6.07) is 4.71. The molecule has 0 aliphatic carbocycles. The molecular formula is C13H19N3O. The van der Waals surface area contributed by atoms with Gasteiger partial charge in [0, 0.05) is 43.6 Å². The zero-order chi connectivity index (χ0) is 11.8. The second-order valence-corrected chi connectivity index (χ2v) is 5.03. The minimum Gasteiger partial charge on any atom is -0.481 e. The van der Waals surface area contributed by atoms with E-state index in [0.29, 0.717) is 11.9 Å². The molecule has 0 bridgehead atoms. The quantitative estimate of drug-likeness (QED) is 0.831. The highest BCUT2D eigenvalue weighted by molar-refractivity contribution is 5.50. The summed E-state index contributed by atoms with van der Waals surface area (Å²) in [4.78, 5) is 6.65. The Morgan fingerprint density at radius 3 is 3.12 bits per heavy atom. The Bertz CT molecular complexity index is 409. The molecule has 0 aromatic carbocycles. The van der Waals surface area contributed by atoms with Crippen LogP contribution in [0, 0.1) is 11.8 Å². The predicted octanol–water partition coefficient (Wildman–Crippen LogP) is 1.13. The molecule has 4 heteroatoms. The molecule has 2 saturated heterocycles. The highest BCUT2D eigenvalue weighted by Gasteiger charge is 2.41. The van der Waals surface area contributed by atoms with Crippen LogP contribution >= 0.6 is 0 Å². The van der Waals surface area contributed by atoms with Crippen molar-refractivity contribution < 1.29 is 4.74 Å². The van der Waals surface area contributed by atoms with E-state index in [0.717, 1.165) is 31.5 Å². The summed E-state index contributed by atoms with van der Waals surface area (Å²) < 4.78 is 5.19. The Morgan fingerprint density at radius 1 is 1.47 bits per heavy atom. The number of nitrogens with one attached hydrogen (secondary N) is 1. The van der Waals surface area contributed by atoms with Crippen molar-refractivity contribution in [1.82, 2.24) is 10.3 Å². The van der Waals surface area contributed by atoms with E-state index in [1.54, 1.807) is 7.11 Å². The molecule has 4 nitrogen and oxygen atoms in total. The number of ether oxygens (including phenoxy) is 1. The van der Waals surface area contributed by atoms with Crippen molar-refractivity contribution in [2.75, 3.05) is 31.6 Å². The smallest absolute Gasteiger partial charge is 0.214 e. The van der Waals surface area contributed by atoms with Crippen LogP contribution in [0.15, 0.2) is 18.3 Å². The molecule has 2 aliphatic heterocycles. The molecule has 1 N–H and O–H groups in total. The molecule has 1 aromatic rings. The van der Waals surface area contributed by atoms with E-state index in [2.05, 4.69) is 28.2 Å². The van der Waals surface area contributed by atoms with Crippen LogP contribution in [0.2, 0.25) is 0 Å². The van der Waals surface area contributed by atoms with Gasteiger partial charge in [0.25, 0.3) is 0 Å². The van der Waals surface area contributed by atoms with Gasteiger partial charge in [-0.2, -0.15) is 0 Å². The molecule has 17 heavy (non-hydrogen) atoms. The number of hydrogen-bond acceptors (Lipinski definition) is 4. The maximum Gasteiger partial charge on any atom is 0.214 e. The van der Waals surface area contributed by atoms with Crippen LogP contribution in [0.4, 0.5) is 5.69 Å². The van der Waals surface area contributed by atoms with Crippen molar-refractivity contribution in [1.29, 1.82) is 0 Å². The molecule has 3 heterocycles. The average molecular weight is 233 g/mol. The first-order chi connectivity index (χ1) is 8.29. The van der Waals surface area contributed by atoms with Crippen molar-refractivity contribution in [3.8, 4) is 5.88 Å². The van der Waals surface area contributed by atoms with Crippen molar-refractivity contribution in [3.63, 3.8) is 0 Å². The van der Waals surface area contributed by atoms with Gasteiger partial charge in [-0.05, 0) is 24.8 Å². The van der Waals surface area contributed by atoms with Gasteiger partial charge in [0.05, 0.1) is 7.11 Å². The van der Waals surface area contributed by atoms with Gasteiger partial charge in [0.2, 0.25) is 5.88 Å². The van der Waals surface area contributed by atoms with E-state index in [-0.39, 0.29) is 0 Å². The third kappa shape index (κ3) is 1.76. The third-order valence-corrected chi connectivity index (χ3v) is 4.19. The van der Waals surface area contributed by atoms with Crippen molar-refractivity contribution >= 4 is 5.69 Å². The monoisotopic (exact) mass is 233 g/mol. The van der Waals surface area contributed by atoms with Crippen molar-refractivity contribution in [2.45, 2.75) is 13.0 Å². The van der Waals surface area contributed by atoms with Crippen LogP contribution in [-0.2, 0) is 0 Å². The molecule has 2 aliphatic rings. The lowest BCUT2D eigenvalue weighted by molar-refractivity contribution is 0.397. The van der Waals surface area contributed by atoms with Crippen molar-refractivity contribution in [3.05, 3.63) is 18.3 Å². The van der Waals surface area contributed by atoms with E-state index in [4.69, 9.17) is 4.74 Å². The number of aromatic nitrogens is 1. The topological polar surface area (TPSA) is 37.4 Å². The minimum atomic E-state index is 0.599. The normalized spacial score (nSPS) is 31.6. The van der Waals surface area contributed by atoms with Gasteiger partial charge in [-0.1, -0.05) is 0 Å². The van der Waals surface area contributed by atoms with Gasteiger partial charge in [-0.3, -0.25) is 0 Å². The lowest BCUT2D eigenvalue weighted by atomic mass is 9.95. The largest absolute Gasteiger partial charge is 0.481 e. The molecule has 3 rings (SSSR count). The van der Waals surface area contributed by atoms with Gasteiger partial charge >= 0.3 is 0 Å². The molecule has 1 aromatic heterocycles. The Kier molecular flexibility index (Phi) is 2.67. The first-order valence-corrected chi connectivity index (χ1v) is 6.27. The summed E-state index contributed by atoms with van der Waals surface area (Å²) in [5, 5.41) is 3.49. The summed E-state index contributed by atoms with van der Waals surface area (Å²) in [7, 11) is 1.66. The fourth-order valence-electron chi connectivity index (χ4n) is 3.20. The molecular weight excluding hydrogens is 214 g/mol. The molecule has 0 amide bonds. The first kappa shape index (κ1) is 10.8. The molecule has 3 unspecified atom stereocenters. The van der Waals surface area contributed by atoms with Crippen LogP contribution in [-0.4, -0.2) is 37.8 Å². The highest BCUT2D eigenvalue weighted by atomic mass is 16.5. The first-order valence-electron chi connectivity index (χ1n) is 6.27. The Labute approximate surface area is 102 Å². The number of rotatable bonds is 2. The summed E-state index contributed by atoms with van der Waals surface area (Å²) in [6.45, 7) is 5.79. The second-order valence-electron chi connectivity index (χ2n) is 5.03. The summed E-state index contributed by atoms with van der Waals surface area (Å²) in [5.74, 6) is 2.28. The zero-order valence-electron chi connectivity index (χ0n) is 10.4. The molecule has 3 atom stereocenters. The number of methoxy groups -OCH3 is 1. The van der Waals surface area contributed by atoms with Crippen LogP contribution in [0.25, 0.3) is 0 Å². The second kappa shape index (κ2) is 4.18. The van der Waals surface area contributed by atoms with Gasteiger partial charge in [-0.15, -0.1) is 0 Å². The van der Waals surface area contributed by atoms with E-state index >= 15 is 0 Å². The SMILES string of the molecule is COc1cc(N2CC3CNCC3C2C)ccn1. The summed E-state index contributed by atoms with van der Waals surface area (Å²) in [6.07, 6.45) is 1.83. The molecule has 92 valence electrons. The van der Waals surface area contributed by atoms with Crippen LogP contribution in [0.5, 0.6) is 5.88 Å². The fraction of sp³-hybridized carbons (Fsp3) is 0.615. The Morgan fingerprint density at radius 2 is 2.35 bits per heavy atom. The lowest BCUT2D eigenvalue weighted by Crippen LogP contribution is -2.33. The van der Waals surface area contributed by atoms with E-state index in [9.17, 15) is 0 Å². The van der Waals surface area contributed by atoms with Crippen LogP contribution in [0.3, 0.4) is 0 Å². The number of hydrogen-bond donors (Lipinski definition) is 1. The van der Waals surface area contributed by atoms with Crippen LogP contribution in [0.1, 0.15) is 6.92 Å². The number of anilines is 1. The lowest BCUT2D eigenvalue weighted by Gasteiger charge is -2.26. The van der Waals surface area contributed by atoms with Gasteiger partial charge in [0.1, 0.15) is 0 Å². The molecule has 2 fully saturated rings. The molecule has 0 saturated carbocycles. The maximum atomic E-state index is 5.19. The Balaban J connectivity index is 1.84. The zero-order valence-corrected chi connectivity index (χ0v) is 10.4. The van der Waals surface area contributed by atoms with Gasteiger partial charge in [0.15, 0.2) is 0 Å². The predicted molar refractivity (Wildman–Crippen MR) is 67.4 cm³/mol. The highest BCUT2D eigenvalue weighted by Crippen LogP contribution is 2.36.